The first kappa shape index (κ1) is 48.0. The number of aliphatic carboxylic acids is 1. The number of carboxylic acids is 1. The van der Waals surface area contributed by atoms with Crippen LogP contribution in [0.4, 0.5) is 0 Å². The highest BCUT2D eigenvalue weighted by Gasteiger charge is 2.31. The van der Waals surface area contributed by atoms with E-state index in [-0.39, 0.29) is 36.2 Å². The summed E-state index contributed by atoms with van der Waals surface area (Å²) in [6.07, 6.45) is 39.8. The van der Waals surface area contributed by atoms with Gasteiger partial charge in [-0.25, -0.2) is 4.79 Å². The lowest BCUT2D eigenvalue weighted by Crippen LogP contribution is -2.50. The van der Waals surface area contributed by atoms with Crippen molar-refractivity contribution in [3.05, 3.63) is 60.8 Å². The molecule has 0 rings (SSSR count). The molecule has 0 heterocycles. The molecular formula is C43H74NO7+. The Morgan fingerprint density at radius 3 is 1.73 bits per heavy atom. The Morgan fingerprint density at radius 2 is 1.14 bits per heavy atom. The summed E-state index contributed by atoms with van der Waals surface area (Å²) in [7, 11) is 5.50. The lowest BCUT2D eigenvalue weighted by molar-refractivity contribution is -0.887. The van der Waals surface area contributed by atoms with Crippen molar-refractivity contribution in [2.24, 2.45) is 0 Å². The molecule has 0 fully saturated rings. The minimum atomic E-state index is -0.883. The van der Waals surface area contributed by atoms with E-state index in [1.807, 2.05) is 33.3 Å². The van der Waals surface area contributed by atoms with Crippen LogP contribution in [0.2, 0.25) is 0 Å². The van der Waals surface area contributed by atoms with E-state index in [0.717, 1.165) is 83.5 Å². The van der Waals surface area contributed by atoms with Gasteiger partial charge in [0.25, 0.3) is 0 Å². The van der Waals surface area contributed by atoms with E-state index in [4.69, 9.17) is 14.2 Å². The van der Waals surface area contributed by atoms with Gasteiger partial charge in [-0.3, -0.25) is 9.59 Å². The zero-order chi connectivity index (χ0) is 37.8. The van der Waals surface area contributed by atoms with Crippen molar-refractivity contribution in [1.29, 1.82) is 0 Å². The van der Waals surface area contributed by atoms with Gasteiger partial charge >= 0.3 is 17.9 Å². The van der Waals surface area contributed by atoms with Crippen LogP contribution in [-0.2, 0) is 28.6 Å². The number of rotatable bonds is 34. The van der Waals surface area contributed by atoms with Crippen LogP contribution >= 0.6 is 0 Å². The number of hydrogen-bond acceptors (Lipinski definition) is 6. The first-order chi connectivity index (χ1) is 24.6. The fourth-order valence-corrected chi connectivity index (χ4v) is 5.42. The number of carbonyl (C=O) groups is 3. The monoisotopic (exact) mass is 717 g/mol. The predicted octanol–water partition coefficient (Wildman–Crippen LogP) is 10.2. The van der Waals surface area contributed by atoms with Crippen molar-refractivity contribution in [1.82, 2.24) is 0 Å². The Kier molecular flexibility index (Phi) is 32.1. The molecule has 2 atom stereocenters. The molecule has 0 aromatic carbocycles. The van der Waals surface area contributed by atoms with Crippen molar-refractivity contribution >= 4 is 17.9 Å². The SMILES string of the molecule is CC/C=C/C=C/C=C/CCCCCCCC(=O)OC(COCCC(C(=O)O)[N+](C)(C)C)COC(=O)CCCCCCCCC/C=C/C/C=C/CC. The van der Waals surface area contributed by atoms with Crippen LogP contribution < -0.4 is 0 Å². The predicted molar refractivity (Wildman–Crippen MR) is 211 cm³/mol. The second kappa shape index (κ2) is 34.1. The van der Waals surface area contributed by atoms with E-state index < -0.39 is 18.1 Å². The summed E-state index contributed by atoms with van der Waals surface area (Å²) >= 11 is 0. The van der Waals surface area contributed by atoms with Crippen molar-refractivity contribution in [3.63, 3.8) is 0 Å². The van der Waals surface area contributed by atoms with Crippen molar-refractivity contribution in [3.8, 4) is 0 Å². The van der Waals surface area contributed by atoms with E-state index in [1.54, 1.807) is 0 Å². The molecule has 0 aliphatic carbocycles. The summed E-state index contributed by atoms with van der Waals surface area (Å²) in [5, 5.41) is 9.59. The van der Waals surface area contributed by atoms with E-state index in [2.05, 4.69) is 62.5 Å². The Labute approximate surface area is 311 Å². The molecule has 0 amide bonds. The second-order valence-electron chi connectivity index (χ2n) is 14.2. The molecule has 51 heavy (non-hydrogen) atoms. The van der Waals surface area contributed by atoms with E-state index in [0.29, 0.717) is 19.3 Å². The highest BCUT2D eigenvalue weighted by Crippen LogP contribution is 2.13. The molecule has 0 aromatic rings. The van der Waals surface area contributed by atoms with Gasteiger partial charge in [0.2, 0.25) is 0 Å². The molecule has 2 unspecified atom stereocenters. The van der Waals surface area contributed by atoms with E-state index in [9.17, 15) is 19.5 Å². The van der Waals surface area contributed by atoms with Crippen LogP contribution in [0.5, 0.6) is 0 Å². The summed E-state index contributed by atoms with van der Waals surface area (Å²) in [4.78, 5) is 36.8. The summed E-state index contributed by atoms with van der Waals surface area (Å²) in [6.45, 7) is 4.44. The van der Waals surface area contributed by atoms with Gasteiger partial charge in [-0.2, -0.15) is 0 Å². The molecule has 0 aliphatic heterocycles. The topological polar surface area (TPSA) is 99.1 Å². The molecule has 0 bridgehead atoms. The molecule has 8 nitrogen and oxygen atoms in total. The number of esters is 2. The smallest absolute Gasteiger partial charge is 0.362 e. The number of hydrogen-bond donors (Lipinski definition) is 1. The van der Waals surface area contributed by atoms with Gasteiger partial charge < -0.3 is 23.8 Å². The lowest BCUT2D eigenvalue weighted by atomic mass is 10.1. The number of carbonyl (C=O) groups excluding carboxylic acids is 2. The number of ether oxygens (including phenoxy) is 3. The summed E-state index contributed by atoms with van der Waals surface area (Å²) in [6, 6.07) is -0.621. The highest BCUT2D eigenvalue weighted by atomic mass is 16.6. The molecule has 292 valence electrons. The number of unbranched alkanes of at least 4 members (excludes halogenated alkanes) is 12. The first-order valence-corrected chi connectivity index (χ1v) is 19.9. The molecule has 1 N–H and O–H groups in total. The molecule has 0 aromatic heterocycles. The number of likely N-dealkylation sites (N-methyl/N-ethyl adjacent to an activating group) is 1. The number of quaternary nitrogens is 1. The third-order valence-corrected chi connectivity index (χ3v) is 8.47. The van der Waals surface area contributed by atoms with Crippen LogP contribution in [0.1, 0.15) is 142 Å². The van der Waals surface area contributed by atoms with Crippen LogP contribution in [0.15, 0.2) is 60.8 Å². The molecule has 0 saturated heterocycles. The maximum absolute atomic E-state index is 12.7. The zero-order valence-electron chi connectivity index (χ0n) is 33.0. The quantitative estimate of drug-likeness (QED) is 0.0233. The summed E-state index contributed by atoms with van der Waals surface area (Å²) in [5.41, 5.74) is 0. The number of nitrogens with zero attached hydrogens (tertiary/aromatic N) is 1. The Morgan fingerprint density at radius 1 is 0.608 bits per heavy atom. The van der Waals surface area contributed by atoms with Crippen LogP contribution in [-0.4, -0.2) is 80.6 Å². The standard InChI is InChI=1S/C43H73NO7/c1-6-8-10-12-14-16-18-20-22-23-25-27-29-31-33-41(45)50-38-39(37-49-36-35-40(43(47)48)44(3,4)5)51-42(46)34-32-30-28-26-24-21-19-17-15-13-11-9-7-2/h8-11,13-17,19,39-40H,6-7,12,18,20-38H2,1-5H3/p+1/b10-8+,11-9+,15-13+,16-14+,19-17+. The van der Waals surface area contributed by atoms with Gasteiger partial charge in [-0.1, -0.05) is 126 Å². The van der Waals surface area contributed by atoms with Crippen LogP contribution in [0, 0.1) is 0 Å². The fourth-order valence-electron chi connectivity index (χ4n) is 5.42. The molecule has 8 heteroatoms. The Hall–Kier alpha value is -2.97. The van der Waals surface area contributed by atoms with Gasteiger partial charge in [0.05, 0.1) is 34.4 Å². The van der Waals surface area contributed by atoms with Gasteiger partial charge in [0.15, 0.2) is 12.1 Å². The Balaban J connectivity index is 4.45. The zero-order valence-corrected chi connectivity index (χ0v) is 33.0. The van der Waals surface area contributed by atoms with Crippen molar-refractivity contribution in [2.45, 2.75) is 154 Å². The normalized spacial score (nSPS) is 13.7. The van der Waals surface area contributed by atoms with E-state index in [1.165, 1.54) is 25.7 Å². The lowest BCUT2D eigenvalue weighted by Gasteiger charge is -2.31. The van der Waals surface area contributed by atoms with Gasteiger partial charge in [-0.05, 0) is 57.8 Å². The number of allylic oxidation sites excluding steroid dienone is 10. The summed E-state index contributed by atoms with van der Waals surface area (Å²) < 4.78 is 17.2. The van der Waals surface area contributed by atoms with Gasteiger partial charge in [0.1, 0.15) is 6.61 Å². The van der Waals surface area contributed by atoms with Crippen LogP contribution in [0.25, 0.3) is 0 Å². The van der Waals surface area contributed by atoms with Crippen LogP contribution in [0.3, 0.4) is 0 Å². The highest BCUT2D eigenvalue weighted by molar-refractivity contribution is 5.72. The molecule has 0 radical (unpaired) electrons. The minimum absolute atomic E-state index is 0.0474. The molecule has 0 saturated carbocycles. The molecule has 0 aliphatic rings. The number of carboxylic acid groups (broad SMARTS) is 1. The van der Waals surface area contributed by atoms with Crippen molar-refractivity contribution < 1.29 is 38.2 Å². The fraction of sp³-hybridized carbons (Fsp3) is 0.698. The first-order valence-electron chi connectivity index (χ1n) is 19.9. The molecular weight excluding hydrogens is 642 g/mol. The average Bonchev–Trinajstić information content (AvgIpc) is 3.08. The Bertz CT molecular complexity index is 1020. The molecule has 0 spiro atoms. The van der Waals surface area contributed by atoms with Gasteiger partial charge in [0, 0.05) is 19.3 Å². The third kappa shape index (κ3) is 32.7. The van der Waals surface area contributed by atoms with E-state index >= 15 is 0 Å². The van der Waals surface area contributed by atoms with Gasteiger partial charge in [-0.15, -0.1) is 0 Å². The third-order valence-electron chi connectivity index (χ3n) is 8.47. The minimum Gasteiger partial charge on any atom is -0.477 e. The maximum atomic E-state index is 12.7. The maximum Gasteiger partial charge on any atom is 0.362 e. The second-order valence-corrected chi connectivity index (χ2v) is 14.2. The van der Waals surface area contributed by atoms with Crippen molar-refractivity contribution in [2.75, 3.05) is 41.0 Å². The summed E-state index contributed by atoms with van der Waals surface area (Å²) in [5.74, 6) is -1.51. The largest absolute Gasteiger partial charge is 0.477 e. The average molecular weight is 717 g/mol.